The Bertz CT molecular complexity index is 363. The van der Waals surface area contributed by atoms with Gasteiger partial charge in [-0.2, -0.15) is 0 Å². The lowest BCUT2D eigenvalue weighted by Gasteiger charge is -2.15. The Hall–Kier alpha value is 0.340. The highest BCUT2D eigenvalue weighted by Gasteiger charge is 2.32. The molecule has 2 N–H and O–H groups in total. The van der Waals surface area contributed by atoms with Gasteiger partial charge in [-0.15, -0.1) is 12.4 Å². The van der Waals surface area contributed by atoms with Crippen molar-refractivity contribution in [2.75, 3.05) is 0 Å². The van der Waals surface area contributed by atoms with Crippen LogP contribution in [0.25, 0.3) is 0 Å². The molecule has 0 amide bonds. The molecule has 1 aliphatic carbocycles. The lowest BCUT2D eigenvalue weighted by atomic mass is 10.0. The van der Waals surface area contributed by atoms with Gasteiger partial charge in [0.2, 0.25) is 0 Å². The summed E-state index contributed by atoms with van der Waals surface area (Å²) >= 11 is 18.0. The molecule has 0 bridgehead atoms. The first-order valence-corrected chi connectivity index (χ1v) is 5.63. The molecular weight excluding hydrogens is 276 g/mol. The van der Waals surface area contributed by atoms with Gasteiger partial charge in [-0.05, 0) is 30.9 Å². The van der Waals surface area contributed by atoms with Crippen LogP contribution < -0.4 is 5.73 Å². The lowest BCUT2D eigenvalue weighted by molar-refractivity contribution is 0.634. The zero-order valence-corrected chi connectivity index (χ0v) is 10.9. The number of nitrogens with two attached hydrogens (primary N) is 1. The third-order valence-electron chi connectivity index (χ3n) is 2.54. The molecule has 0 unspecified atom stereocenters. The first-order chi connectivity index (χ1) is 6.61. The molecular formula is C10H11Cl4N. The molecule has 0 aliphatic heterocycles. The predicted octanol–water partition coefficient (Wildman–Crippen LogP) is 4.48. The van der Waals surface area contributed by atoms with E-state index < -0.39 is 0 Å². The maximum Gasteiger partial charge on any atom is 0.0655 e. The highest BCUT2D eigenvalue weighted by atomic mass is 35.5. The van der Waals surface area contributed by atoms with Crippen LogP contribution >= 0.6 is 47.2 Å². The monoisotopic (exact) mass is 285 g/mol. The van der Waals surface area contributed by atoms with Gasteiger partial charge in [0, 0.05) is 16.6 Å². The van der Waals surface area contributed by atoms with E-state index in [-0.39, 0.29) is 18.4 Å². The van der Waals surface area contributed by atoms with Crippen LogP contribution in [0.4, 0.5) is 0 Å². The van der Waals surface area contributed by atoms with Gasteiger partial charge >= 0.3 is 0 Å². The molecule has 0 aromatic heterocycles. The molecule has 2 rings (SSSR count). The van der Waals surface area contributed by atoms with Gasteiger partial charge < -0.3 is 5.73 Å². The second kappa shape index (κ2) is 5.11. The Morgan fingerprint density at radius 2 is 1.67 bits per heavy atom. The average Bonchev–Trinajstić information content (AvgIpc) is 2.95. The summed E-state index contributed by atoms with van der Waals surface area (Å²) in [5.74, 6) is 0.517. The number of hydrogen-bond donors (Lipinski definition) is 1. The molecule has 1 nitrogen and oxygen atoms in total. The summed E-state index contributed by atoms with van der Waals surface area (Å²) in [5, 5.41) is 1.62. The third-order valence-corrected chi connectivity index (χ3v) is 3.69. The van der Waals surface area contributed by atoms with Crippen LogP contribution in [0.1, 0.15) is 24.4 Å². The second-order valence-corrected chi connectivity index (χ2v) is 4.81. The van der Waals surface area contributed by atoms with Crippen molar-refractivity contribution in [2.24, 2.45) is 11.7 Å². The van der Waals surface area contributed by atoms with Crippen LogP contribution in [0.3, 0.4) is 0 Å². The highest BCUT2D eigenvalue weighted by molar-refractivity contribution is 6.44. The molecule has 5 heteroatoms. The number of halogens is 4. The molecule has 15 heavy (non-hydrogen) atoms. The summed E-state index contributed by atoms with van der Waals surface area (Å²) in [4.78, 5) is 0. The number of hydrogen-bond acceptors (Lipinski definition) is 1. The zero-order valence-electron chi connectivity index (χ0n) is 7.84. The molecule has 0 spiro atoms. The van der Waals surface area contributed by atoms with E-state index in [1.165, 1.54) is 0 Å². The van der Waals surface area contributed by atoms with Gasteiger partial charge in [-0.3, -0.25) is 0 Å². The molecule has 1 atom stereocenters. The lowest BCUT2D eigenvalue weighted by Crippen LogP contribution is -2.13. The van der Waals surface area contributed by atoms with Crippen molar-refractivity contribution >= 4 is 47.2 Å². The summed E-state index contributed by atoms with van der Waals surface area (Å²) in [6.07, 6.45) is 2.31. The standard InChI is InChI=1S/C10H10Cl3N.ClH/c11-6-3-4-7(12)9(13)8(6)10(14)5-1-2-5;/h3-5,10H,1-2,14H2;1H/t10-;/m1./s1. The van der Waals surface area contributed by atoms with E-state index in [1.54, 1.807) is 12.1 Å². The molecule has 84 valence electrons. The van der Waals surface area contributed by atoms with E-state index >= 15 is 0 Å². The SMILES string of the molecule is Cl.N[C@@H](c1c(Cl)ccc(Cl)c1Cl)C1CC1. The van der Waals surface area contributed by atoms with Crippen molar-refractivity contribution in [3.8, 4) is 0 Å². The van der Waals surface area contributed by atoms with Crippen LogP contribution in [-0.4, -0.2) is 0 Å². The summed E-state index contributed by atoms with van der Waals surface area (Å²) in [6.45, 7) is 0. The average molecular weight is 287 g/mol. The predicted molar refractivity (Wildman–Crippen MR) is 68.4 cm³/mol. The second-order valence-electron chi connectivity index (χ2n) is 3.62. The van der Waals surface area contributed by atoms with Crippen molar-refractivity contribution in [2.45, 2.75) is 18.9 Å². The van der Waals surface area contributed by atoms with Crippen LogP contribution in [0, 0.1) is 5.92 Å². The smallest absolute Gasteiger partial charge is 0.0655 e. The first-order valence-electron chi connectivity index (χ1n) is 4.50. The minimum atomic E-state index is -0.0753. The van der Waals surface area contributed by atoms with E-state index in [0.717, 1.165) is 18.4 Å². The van der Waals surface area contributed by atoms with Crippen molar-refractivity contribution in [3.63, 3.8) is 0 Å². The van der Waals surface area contributed by atoms with Gasteiger partial charge in [0.05, 0.1) is 10.0 Å². The van der Waals surface area contributed by atoms with Crippen LogP contribution in [0.5, 0.6) is 0 Å². The molecule has 0 heterocycles. The van der Waals surface area contributed by atoms with Gasteiger partial charge in [-0.1, -0.05) is 34.8 Å². The number of benzene rings is 1. The quantitative estimate of drug-likeness (QED) is 0.797. The Balaban J connectivity index is 0.00000112. The Kier molecular flexibility index (Phi) is 4.57. The topological polar surface area (TPSA) is 26.0 Å². The molecule has 1 aliphatic rings. The maximum atomic E-state index is 6.07. The molecule has 1 saturated carbocycles. The molecule has 0 radical (unpaired) electrons. The van der Waals surface area contributed by atoms with E-state index in [0.29, 0.717) is 21.0 Å². The Labute approximate surface area is 110 Å². The normalized spacial score (nSPS) is 17.1. The minimum Gasteiger partial charge on any atom is -0.324 e. The van der Waals surface area contributed by atoms with Crippen molar-refractivity contribution in [1.29, 1.82) is 0 Å². The van der Waals surface area contributed by atoms with Gasteiger partial charge in [-0.25, -0.2) is 0 Å². The summed E-state index contributed by atoms with van der Waals surface area (Å²) in [5.41, 5.74) is 6.84. The van der Waals surface area contributed by atoms with Crippen molar-refractivity contribution in [1.82, 2.24) is 0 Å². The van der Waals surface area contributed by atoms with E-state index in [2.05, 4.69) is 0 Å². The summed E-state index contributed by atoms with van der Waals surface area (Å²) in [7, 11) is 0. The number of rotatable bonds is 2. The minimum absolute atomic E-state index is 0. The Morgan fingerprint density at radius 3 is 2.20 bits per heavy atom. The fourth-order valence-electron chi connectivity index (χ4n) is 1.54. The fraction of sp³-hybridized carbons (Fsp3) is 0.400. The summed E-state index contributed by atoms with van der Waals surface area (Å²) < 4.78 is 0. The van der Waals surface area contributed by atoms with Crippen LogP contribution in [0.15, 0.2) is 12.1 Å². The maximum absolute atomic E-state index is 6.07. The van der Waals surface area contributed by atoms with Crippen LogP contribution in [-0.2, 0) is 0 Å². The van der Waals surface area contributed by atoms with E-state index in [9.17, 15) is 0 Å². The fourth-order valence-corrected chi connectivity index (χ4v) is 2.33. The van der Waals surface area contributed by atoms with E-state index in [4.69, 9.17) is 40.5 Å². The summed E-state index contributed by atoms with van der Waals surface area (Å²) in [6, 6.07) is 3.36. The Morgan fingerprint density at radius 1 is 1.13 bits per heavy atom. The molecule has 0 saturated heterocycles. The first kappa shape index (κ1) is 13.4. The van der Waals surface area contributed by atoms with Crippen molar-refractivity contribution < 1.29 is 0 Å². The van der Waals surface area contributed by atoms with Crippen molar-refractivity contribution in [3.05, 3.63) is 32.8 Å². The highest BCUT2D eigenvalue weighted by Crippen LogP contribution is 2.45. The van der Waals surface area contributed by atoms with Crippen LogP contribution in [0.2, 0.25) is 15.1 Å². The zero-order chi connectivity index (χ0) is 10.3. The largest absolute Gasteiger partial charge is 0.324 e. The molecule has 1 fully saturated rings. The molecule has 1 aromatic carbocycles. The van der Waals surface area contributed by atoms with Gasteiger partial charge in [0.15, 0.2) is 0 Å². The third kappa shape index (κ3) is 2.72. The molecule has 1 aromatic rings. The van der Waals surface area contributed by atoms with Gasteiger partial charge in [0.1, 0.15) is 0 Å². The van der Waals surface area contributed by atoms with Gasteiger partial charge in [0.25, 0.3) is 0 Å². The van der Waals surface area contributed by atoms with E-state index in [1.807, 2.05) is 0 Å².